The van der Waals surface area contributed by atoms with Crippen LogP contribution in [0.5, 0.6) is 0 Å². The first kappa shape index (κ1) is 33.2. The van der Waals surface area contributed by atoms with Gasteiger partial charge in [-0.05, 0) is 115 Å². The van der Waals surface area contributed by atoms with Crippen LogP contribution in [0.15, 0.2) is 218 Å². The van der Waals surface area contributed by atoms with Crippen molar-refractivity contribution >= 4 is 32.7 Å². The predicted molar refractivity (Wildman–Crippen MR) is 249 cm³/mol. The summed E-state index contributed by atoms with van der Waals surface area (Å²) in [5.41, 5.74) is 21.5. The molecule has 2 aliphatic rings. The van der Waals surface area contributed by atoms with Crippen molar-refractivity contribution in [3.05, 3.63) is 241 Å². The molecule has 13 rings (SSSR count). The SMILES string of the molecule is c1ccc(C2(c3ccccc3)c3ccccc3-c3ccc(-c4ccc5c(c4)c4ccccc4n5-c4ccc(-c5cc6c7c(cccc7n5)-c5ccccc5-6)cc4)cc32)cc1. The summed E-state index contributed by atoms with van der Waals surface area (Å²) in [5.74, 6) is 0. The molecule has 0 bridgehead atoms. The normalized spacial score (nSPS) is 13.1. The molecule has 0 atom stereocenters. The molecule has 0 fully saturated rings. The number of hydrogen-bond donors (Lipinski definition) is 0. The third-order valence-electron chi connectivity index (χ3n) is 13.2. The van der Waals surface area contributed by atoms with Gasteiger partial charge >= 0.3 is 0 Å². The van der Waals surface area contributed by atoms with Crippen molar-refractivity contribution in [3.63, 3.8) is 0 Å². The Balaban J connectivity index is 0.938. The van der Waals surface area contributed by atoms with Gasteiger partial charge in [0.15, 0.2) is 0 Å². The molecule has 11 aromatic rings. The lowest BCUT2D eigenvalue weighted by Gasteiger charge is -2.34. The first-order valence-corrected chi connectivity index (χ1v) is 20.8. The number of rotatable bonds is 5. The van der Waals surface area contributed by atoms with E-state index in [-0.39, 0.29) is 0 Å². The highest BCUT2D eigenvalue weighted by molar-refractivity contribution is 6.15. The van der Waals surface area contributed by atoms with E-state index in [2.05, 4.69) is 223 Å². The van der Waals surface area contributed by atoms with Crippen molar-refractivity contribution in [2.75, 3.05) is 0 Å². The second-order valence-electron chi connectivity index (χ2n) is 16.2. The Morgan fingerprint density at radius 2 is 0.933 bits per heavy atom. The van der Waals surface area contributed by atoms with Gasteiger partial charge in [0.1, 0.15) is 0 Å². The van der Waals surface area contributed by atoms with E-state index >= 15 is 0 Å². The third kappa shape index (κ3) is 4.56. The Morgan fingerprint density at radius 1 is 0.350 bits per heavy atom. The van der Waals surface area contributed by atoms with Crippen molar-refractivity contribution in [2.24, 2.45) is 0 Å². The van der Waals surface area contributed by atoms with Gasteiger partial charge < -0.3 is 4.57 Å². The highest BCUT2D eigenvalue weighted by Crippen LogP contribution is 2.57. The van der Waals surface area contributed by atoms with Crippen LogP contribution in [0.1, 0.15) is 22.3 Å². The largest absolute Gasteiger partial charge is 0.309 e. The molecule has 0 spiro atoms. The smallest absolute Gasteiger partial charge is 0.0722 e. The minimum atomic E-state index is -0.440. The second-order valence-corrected chi connectivity index (χ2v) is 16.2. The Bertz CT molecular complexity index is 3480. The summed E-state index contributed by atoms with van der Waals surface area (Å²) in [6.45, 7) is 0. The summed E-state index contributed by atoms with van der Waals surface area (Å²) < 4.78 is 2.41. The van der Waals surface area contributed by atoms with Crippen LogP contribution < -0.4 is 0 Å². The maximum Gasteiger partial charge on any atom is 0.0722 e. The molecule has 2 heteroatoms. The van der Waals surface area contributed by atoms with E-state index in [1.807, 2.05) is 0 Å². The van der Waals surface area contributed by atoms with E-state index in [1.165, 1.54) is 94.0 Å². The number of benzene rings is 9. The molecule has 2 aromatic heterocycles. The number of aromatic nitrogens is 2. The molecule has 2 heterocycles. The van der Waals surface area contributed by atoms with Crippen LogP contribution in [0, 0.1) is 0 Å². The van der Waals surface area contributed by atoms with Gasteiger partial charge in [0.2, 0.25) is 0 Å². The molecule has 0 radical (unpaired) electrons. The topological polar surface area (TPSA) is 17.8 Å². The summed E-state index contributed by atoms with van der Waals surface area (Å²) in [5, 5.41) is 3.73. The molecule has 9 aromatic carbocycles. The summed E-state index contributed by atoms with van der Waals surface area (Å²) in [6.07, 6.45) is 0. The van der Waals surface area contributed by atoms with Crippen LogP contribution in [-0.2, 0) is 5.41 Å². The first-order valence-electron chi connectivity index (χ1n) is 20.8. The van der Waals surface area contributed by atoms with Gasteiger partial charge in [0.25, 0.3) is 0 Å². The number of fused-ring (bicyclic) bond motifs is 9. The Kier molecular flexibility index (Phi) is 6.97. The summed E-state index contributed by atoms with van der Waals surface area (Å²) >= 11 is 0. The molecule has 0 N–H and O–H groups in total. The molecule has 0 aliphatic heterocycles. The molecule has 60 heavy (non-hydrogen) atoms. The second kappa shape index (κ2) is 12.6. The minimum Gasteiger partial charge on any atom is -0.309 e. The van der Waals surface area contributed by atoms with Gasteiger partial charge in [-0.1, -0.05) is 170 Å². The van der Waals surface area contributed by atoms with Gasteiger partial charge in [0.05, 0.1) is 27.7 Å². The summed E-state index contributed by atoms with van der Waals surface area (Å²) in [4.78, 5) is 5.19. The van der Waals surface area contributed by atoms with Crippen LogP contribution in [-0.4, -0.2) is 9.55 Å². The van der Waals surface area contributed by atoms with Crippen LogP contribution in [0.2, 0.25) is 0 Å². The lowest BCUT2D eigenvalue weighted by molar-refractivity contribution is 0.769. The van der Waals surface area contributed by atoms with E-state index in [0.29, 0.717) is 0 Å². The quantitative estimate of drug-likeness (QED) is 0.171. The Labute approximate surface area is 348 Å². The average Bonchev–Trinajstić information content (AvgIpc) is 3.94. The molecule has 278 valence electrons. The minimum absolute atomic E-state index is 0.440. The van der Waals surface area contributed by atoms with Crippen LogP contribution in [0.25, 0.3) is 94.2 Å². The van der Waals surface area contributed by atoms with Gasteiger partial charge in [-0.25, -0.2) is 4.98 Å². The molecular formula is C58H36N2. The van der Waals surface area contributed by atoms with Crippen LogP contribution >= 0.6 is 0 Å². The highest BCUT2D eigenvalue weighted by atomic mass is 15.0. The number of para-hydroxylation sites is 1. The molecule has 0 saturated heterocycles. The van der Waals surface area contributed by atoms with Crippen LogP contribution in [0.4, 0.5) is 0 Å². The standard InChI is InChI=1S/C58H36N2/c1-3-14-40(15-4-1)58(41-16-5-2-6-17-41)51-23-11-9-20-45(51)46-32-28-39(35-52(46)58)38-29-33-56-49(34-38)47-21-10-12-25-55(47)60(56)42-30-26-37(27-31-42)54-36-50-44-19-8-7-18-43(44)48-22-13-24-53(59-54)57(48)50/h1-36H. The third-order valence-corrected chi connectivity index (χ3v) is 13.2. The molecule has 2 nitrogen and oxygen atoms in total. The van der Waals surface area contributed by atoms with E-state index < -0.39 is 5.41 Å². The van der Waals surface area contributed by atoms with Crippen molar-refractivity contribution < 1.29 is 0 Å². The molecule has 0 saturated carbocycles. The van der Waals surface area contributed by atoms with Crippen LogP contribution in [0.3, 0.4) is 0 Å². The lowest BCUT2D eigenvalue weighted by Crippen LogP contribution is -2.28. The van der Waals surface area contributed by atoms with Crippen molar-refractivity contribution in [1.82, 2.24) is 9.55 Å². The van der Waals surface area contributed by atoms with Gasteiger partial charge in [-0.3, -0.25) is 0 Å². The number of pyridine rings is 1. The summed E-state index contributed by atoms with van der Waals surface area (Å²) in [7, 11) is 0. The molecular weight excluding hydrogens is 725 g/mol. The fourth-order valence-corrected chi connectivity index (χ4v) is 10.7. The lowest BCUT2D eigenvalue weighted by atomic mass is 9.67. The van der Waals surface area contributed by atoms with E-state index in [1.54, 1.807) is 0 Å². The molecule has 0 amide bonds. The van der Waals surface area contributed by atoms with Gasteiger partial charge in [-0.15, -0.1) is 0 Å². The molecule has 2 aliphatic carbocycles. The Morgan fingerprint density at radius 3 is 1.72 bits per heavy atom. The molecule has 0 unspecified atom stereocenters. The zero-order valence-corrected chi connectivity index (χ0v) is 32.7. The van der Waals surface area contributed by atoms with Crippen molar-refractivity contribution in [2.45, 2.75) is 5.41 Å². The van der Waals surface area contributed by atoms with Crippen molar-refractivity contribution in [3.8, 4) is 61.5 Å². The van der Waals surface area contributed by atoms with Gasteiger partial charge in [0, 0.05) is 27.4 Å². The van der Waals surface area contributed by atoms with E-state index in [0.717, 1.165) is 22.5 Å². The predicted octanol–water partition coefficient (Wildman–Crippen LogP) is 14.7. The number of nitrogens with zero attached hydrogens (tertiary/aromatic N) is 2. The zero-order chi connectivity index (χ0) is 39.4. The maximum absolute atomic E-state index is 5.19. The van der Waals surface area contributed by atoms with Gasteiger partial charge in [-0.2, -0.15) is 0 Å². The maximum atomic E-state index is 5.19. The van der Waals surface area contributed by atoms with E-state index in [9.17, 15) is 0 Å². The first-order chi connectivity index (χ1) is 29.8. The fourth-order valence-electron chi connectivity index (χ4n) is 10.7. The fraction of sp³-hybridized carbons (Fsp3) is 0.0172. The zero-order valence-electron chi connectivity index (χ0n) is 32.7. The monoisotopic (exact) mass is 760 g/mol. The van der Waals surface area contributed by atoms with Crippen molar-refractivity contribution in [1.29, 1.82) is 0 Å². The Hall–Kier alpha value is -7.81. The van der Waals surface area contributed by atoms with E-state index in [4.69, 9.17) is 4.98 Å². The number of hydrogen-bond acceptors (Lipinski definition) is 1. The highest BCUT2D eigenvalue weighted by Gasteiger charge is 2.46. The average molecular weight is 761 g/mol. The summed E-state index contributed by atoms with van der Waals surface area (Å²) in [6, 6.07) is 80.4.